The van der Waals surface area contributed by atoms with Gasteiger partial charge in [-0.15, -0.1) is 11.6 Å². The van der Waals surface area contributed by atoms with Gasteiger partial charge in [0.05, 0.1) is 11.6 Å². The summed E-state index contributed by atoms with van der Waals surface area (Å²) >= 11 is 5.55. The molecule has 0 saturated heterocycles. The first kappa shape index (κ1) is 8.60. The number of hydrogen-bond acceptors (Lipinski definition) is 2. The monoisotopic (exact) mass is 173 g/mol. The predicted octanol–water partition coefficient (Wildman–Crippen LogP) is 2.61. The Balaban J connectivity index is 2.58. The van der Waals surface area contributed by atoms with E-state index in [-0.39, 0.29) is 0 Å². The van der Waals surface area contributed by atoms with Crippen molar-refractivity contribution < 1.29 is 4.52 Å². The van der Waals surface area contributed by atoms with Crippen LogP contribution in [0.5, 0.6) is 0 Å². The first-order valence-electron chi connectivity index (χ1n) is 3.72. The van der Waals surface area contributed by atoms with E-state index in [4.69, 9.17) is 16.1 Å². The van der Waals surface area contributed by atoms with E-state index in [1.165, 1.54) is 0 Å². The molecule has 0 amide bonds. The average Bonchev–Trinajstić information content (AvgIpc) is 2.34. The Hall–Kier alpha value is -0.500. The van der Waals surface area contributed by atoms with Crippen LogP contribution < -0.4 is 0 Å². The second-order valence-electron chi connectivity index (χ2n) is 3.02. The minimum absolute atomic E-state index is 0.432. The van der Waals surface area contributed by atoms with Gasteiger partial charge in [0.1, 0.15) is 5.76 Å². The van der Waals surface area contributed by atoms with Crippen LogP contribution in [0, 0.1) is 5.92 Å². The van der Waals surface area contributed by atoms with Crippen LogP contribution in [0.4, 0.5) is 0 Å². The molecule has 2 nitrogen and oxygen atoms in total. The topological polar surface area (TPSA) is 26.0 Å². The molecule has 0 spiro atoms. The SMILES string of the molecule is CC(C)Cc1cc(CCl)no1. The Bertz CT molecular complexity index is 220. The number of halogens is 1. The van der Waals surface area contributed by atoms with Gasteiger partial charge in [-0.1, -0.05) is 19.0 Å². The lowest BCUT2D eigenvalue weighted by Gasteiger charge is -1.96. The molecule has 0 aromatic carbocycles. The van der Waals surface area contributed by atoms with Crippen LogP contribution in [0.25, 0.3) is 0 Å². The zero-order valence-electron chi connectivity index (χ0n) is 6.80. The first-order chi connectivity index (χ1) is 5.22. The van der Waals surface area contributed by atoms with Crippen molar-refractivity contribution in [2.75, 3.05) is 0 Å². The summed E-state index contributed by atoms with van der Waals surface area (Å²) < 4.78 is 5.03. The maximum absolute atomic E-state index is 5.55. The summed E-state index contributed by atoms with van der Waals surface area (Å²) in [6.07, 6.45) is 0.934. The molecule has 1 aromatic heterocycles. The van der Waals surface area contributed by atoms with E-state index in [2.05, 4.69) is 19.0 Å². The van der Waals surface area contributed by atoms with Gasteiger partial charge in [0, 0.05) is 12.5 Å². The third-order valence-corrected chi connectivity index (χ3v) is 1.63. The van der Waals surface area contributed by atoms with Crippen LogP contribution in [0.15, 0.2) is 10.6 Å². The van der Waals surface area contributed by atoms with E-state index < -0.39 is 0 Å². The Morgan fingerprint density at radius 3 is 2.82 bits per heavy atom. The van der Waals surface area contributed by atoms with Crippen LogP contribution in [0.3, 0.4) is 0 Å². The van der Waals surface area contributed by atoms with E-state index in [0.717, 1.165) is 17.9 Å². The molecule has 0 aliphatic rings. The third kappa shape index (κ3) is 2.54. The van der Waals surface area contributed by atoms with Crippen molar-refractivity contribution in [2.24, 2.45) is 5.92 Å². The number of nitrogens with zero attached hydrogens (tertiary/aromatic N) is 1. The molecule has 0 N–H and O–H groups in total. The fourth-order valence-electron chi connectivity index (χ4n) is 0.917. The Morgan fingerprint density at radius 2 is 2.36 bits per heavy atom. The highest BCUT2D eigenvalue weighted by atomic mass is 35.5. The Labute approximate surface area is 71.5 Å². The summed E-state index contributed by atoms with van der Waals surface area (Å²) in [7, 11) is 0. The summed E-state index contributed by atoms with van der Waals surface area (Å²) in [5.74, 6) is 1.96. The summed E-state index contributed by atoms with van der Waals surface area (Å²) in [5, 5.41) is 3.78. The molecule has 0 bridgehead atoms. The zero-order valence-corrected chi connectivity index (χ0v) is 7.56. The van der Waals surface area contributed by atoms with Crippen molar-refractivity contribution >= 4 is 11.6 Å². The molecule has 0 fully saturated rings. The second kappa shape index (κ2) is 3.77. The lowest BCUT2D eigenvalue weighted by atomic mass is 10.1. The van der Waals surface area contributed by atoms with Crippen LogP contribution in [0.2, 0.25) is 0 Å². The van der Waals surface area contributed by atoms with Gasteiger partial charge in [-0.25, -0.2) is 0 Å². The first-order valence-corrected chi connectivity index (χ1v) is 4.26. The zero-order chi connectivity index (χ0) is 8.27. The maximum Gasteiger partial charge on any atom is 0.137 e. The van der Waals surface area contributed by atoms with Crippen molar-refractivity contribution in [3.63, 3.8) is 0 Å². The van der Waals surface area contributed by atoms with Crippen molar-refractivity contribution in [1.82, 2.24) is 5.16 Å². The summed E-state index contributed by atoms with van der Waals surface area (Å²) in [5.41, 5.74) is 0.822. The number of alkyl halides is 1. The summed E-state index contributed by atoms with van der Waals surface area (Å²) in [4.78, 5) is 0. The number of hydrogen-bond donors (Lipinski definition) is 0. The molecular formula is C8H12ClNO. The molecule has 3 heteroatoms. The molecule has 1 rings (SSSR count). The minimum Gasteiger partial charge on any atom is -0.361 e. The van der Waals surface area contributed by atoms with Crippen molar-refractivity contribution in [3.05, 3.63) is 17.5 Å². The van der Waals surface area contributed by atoms with Crippen molar-refractivity contribution in [3.8, 4) is 0 Å². The lowest BCUT2D eigenvalue weighted by molar-refractivity contribution is 0.365. The predicted molar refractivity (Wildman–Crippen MR) is 44.6 cm³/mol. The third-order valence-electron chi connectivity index (χ3n) is 1.35. The van der Waals surface area contributed by atoms with E-state index in [1.54, 1.807) is 0 Å². The van der Waals surface area contributed by atoms with Gasteiger partial charge in [0.2, 0.25) is 0 Å². The van der Waals surface area contributed by atoms with Crippen LogP contribution in [-0.4, -0.2) is 5.16 Å². The highest BCUT2D eigenvalue weighted by Crippen LogP contribution is 2.10. The van der Waals surface area contributed by atoms with Crippen molar-refractivity contribution in [2.45, 2.75) is 26.1 Å². The molecule has 1 heterocycles. The standard InChI is InChI=1S/C8H12ClNO/c1-6(2)3-8-4-7(5-9)10-11-8/h4,6H,3,5H2,1-2H3. The van der Waals surface area contributed by atoms with Crippen molar-refractivity contribution in [1.29, 1.82) is 0 Å². The maximum atomic E-state index is 5.55. The summed E-state index contributed by atoms with van der Waals surface area (Å²) in [6.45, 7) is 4.28. The van der Waals surface area contributed by atoms with E-state index >= 15 is 0 Å². The molecule has 0 radical (unpaired) electrons. The molecule has 62 valence electrons. The van der Waals surface area contributed by atoms with Crippen LogP contribution in [-0.2, 0) is 12.3 Å². The fraction of sp³-hybridized carbons (Fsp3) is 0.625. The Morgan fingerprint density at radius 1 is 1.64 bits per heavy atom. The average molecular weight is 174 g/mol. The second-order valence-corrected chi connectivity index (χ2v) is 3.28. The molecule has 1 aromatic rings. The summed E-state index contributed by atoms with van der Waals surface area (Å²) in [6, 6.07) is 1.91. The van der Waals surface area contributed by atoms with Gasteiger partial charge in [-0.2, -0.15) is 0 Å². The van der Waals surface area contributed by atoms with Crippen LogP contribution >= 0.6 is 11.6 Å². The molecule has 0 atom stereocenters. The molecule has 11 heavy (non-hydrogen) atoms. The highest BCUT2D eigenvalue weighted by Gasteiger charge is 2.04. The lowest BCUT2D eigenvalue weighted by Crippen LogP contribution is -1.90. The van der Waals surface area contributed by atoms with E-state index in [9.17, 15) is 0 Å². The molecule has 0 aliphatic heterocycles. The van der Waals surface area contributed by atoms with E-state index in [1.807, 2.05) is 6.07 Å². The van der Waals surface area contributed by atoms with Gasteiger partial charge in [0.15, 0.2) is 0 Å². The number of rotatable bonds is 3. The van der Waals surface area contributed by atoms with Gasteiger partial charge in [-0.05, 0) is 5.92 Å². The quantitative estimate of drug-likeness (QED) is 0.657. The fourth-order valence-corrected chi connectivity index (χ4v) is 1.04. The van der Waals surface area contributed by atoms with Gasteiger partial charge in [0.25, 0.3) is 0 Å². The normalized spacial score (nSPS) is 10.9. The van der Waals surface area contributed by atoms with Gasteiger partial charge >= 0.3 is 0 Å². The largest absolute Gasteiger partial charge is 0.361 e. The molecule has 0 aliphatic carbocycles. The number of aromatic nitrogens is 1. The highest BCUT2D eigenvalue weighted by molar-refractivity contribution is 6.16. The Kier molecular flexibility index (Phi) is 2.94. The molecular weight excluding hydrogens is 162 g/mol. The van der Waals surface area contributed by atoms with Gasteiger partial charge < -0.3 is 4.52 Å². The van der Waals surface area contributed by atoms with Crippen LogP contribution in [0.1, 0.15) is 25.3 Å². The molecule has 0 saturated carbocycles. The van der Waals surface area contributed by atoms with Gasteiger partial charge in [-0.3, -0.25) is 0 Å². The minimum atomic E-state index is 0.432. The van der Waals surface area contributed by atoms with E-state index in [0.29, 0.717) is 11.8 Å². The molecule has 0 unspecified atom stereocenters. The smallest absolute Gasteiger partial charge is 0.137 e.